The zero-order valence-corrected chi connectivity index (χ0v) is 10.8. The van der Waals surface area contributed by atoms with E-state index in [2.05, 4.69) is 5.10 Å². The predicted octanol–water partition coefficient (Wildman–Crippen LogP) is 2.33. The molecule has 1 aromatic heterocycles. The van der Waals surface area contributed by atoms with Crippen molar-refractivity contribution in [2.45, 2.75) is 18.8 Å². The molecule has 0 bridgehead atoms. The molecule has 0 saturated heterocycles. The quantitative estimate of drug-likeness (QED) is 0.945. The lowest BCUT2D eigenvalue weighted by molar-refractivity contribution is -0.141. The van der Waals surface area contributed by atoms with E-state index in [0.29, 0.717) is 11.5 Å². The number of nitrogens with zero attached hydrogens (tertiary/aromatic N) is 2. The average molecular weight is 299 g/mol. The van der Waals surface area contributed by atoms with Crippen molar-refractivity contribution in [2.24, 2.45) is 5.73 Å². The molecule has 3 rings (SSSR count). The van der Waals surface area contributed by atoms with Gasteiger partial charge in [-0.1, -0.05) is 6.07 Å². The molecule has 2 N–H and O–H groups in total. The van der Waals surface area contributed by atoms with Crippen molar-refractivity contribution in [3.63, 3.8) is 0 Å². The molecule has 1 atom stereocenters. The summed E-state index contributed by atoms with van der Waals surface area (Å²) in [5, 5.41) is 3.48. The molecule has 0 amide bonds. The molecular weight excluding hydrogens is 287 g/mol. The highest BCUT2D eigenvalue weighted by molar-refractivity contribution is 5.45. The molecule has 5 nitrogen and oxygen atoms in total. The fraction of sp³-hybridized carbons (Fsp3) is 0.308. The van der Waals surface area contributed by atoms with E-state index in [1.807, 2.05) is 0 Å². The minimum atomic E-state index is -4.45. The molecule has 0 spiro atoms. The number of ether oxygens (including phenoxy) is 2. The summed E-state index contributed by atoms with van der Waals surface area (Å²) in [7, 11) is 0. The lowest BCUT2D eigenvalue weighted by Gasteiger charge is -2.13. The Bertz CT molecular complexity index is 654. The summed E-state index contributed by atoms with van der Waals surface area (Å²) >= 11 is 0. The smallest absolute Gasteiger partial charge is 0.435 e. The Morgan fingerprint density at radius 3 is 2.71 bits per heavy atom. The number of alkyl halides is 3. The molecule has 8 heteroatoms. The number of hydrogen-bond donors (Lipinski definition) is 1. The Kier molecular flexibility index (Phi) is 3.25. The first-order valence-electron chi connectivity index (χ1n) is 6.19. The van der Waals surface area contributed by atoms with Crippen molar-refractivity contribution >= 4 is 0 Å². The van der Waals surface area contributed by atoms with Gasteiger partial charge < -0.3 is 15.2 Å². The van der Waals surface area contributed by atoms with Gasteiger partial charge in [-0.05, 0) is 23.8 Å². The van der Waals surface area contributed by atoms with Crippen LogP contribution in [-0.2, 0) is 12.7 Å². The van der Waals surface area contributed by atoms with E-state index in [1.54, 1.807) is 18.2 Å². The van der Waals surface area contributed by atoms with Gasteiger partial charge in [-0.3, -0.25) is 4.68 Å². The zero-order valence-electron chi connectivity index (χ0n) is 10.8. The van der Waals surface area contributed by atoms with E-state index in [0.717, 1.165) is 11.6 Å². The Hall–Kier alpha value is -2.22. The van der Waals surface area contributed by atoms with Crippen LogP contribution >= 0.6 is 0 Å². The summed E-state index contributed by atoms with van der Waals surface area (Å²) in [6.45, 7) is 0.290. The molecule has 2 heterocycles. The van der Waals surface area contributed by atoms with E-state index in [9.17, 15) is 13.2 Å². The molecule has 0 radical (unpaired) electrons. The van der Waals surface area contributed by atoms with Gasteiger partial charge in [-0.15, -0.1) is 0 Å². The second-order valence-corrected chi connectivity index (χ2v) is 4.64. The maximum atomic E-state index is 12.5. The number of fused-ring (bicyclic) bond motifs is 1. The predicted molar refractivity (Wildman–Crippen MR) is 66.7 cm³/mol. The first-order valence-corrected chi connectivity index (χ1v) is 6.19. The van der Waals surface area contributed by atoms with Crippen LogP contribution in [0.4, 0.5) is 13.2 Å². The standard InChI is InChI=1S/C13H12F3N3O2/c14-13(15,16)12-3-4-19(18-12)6-9(17)8-1-2-10-11(5-8)21-7-20-10/h1-5,9H,6-7,17H2. The minimum Gasteiger partial charge on any atom is -0.454 e. The highest BCUT2D eigenvalue weighted by Crippen LogP contribution is 2.34. The van der Waals surface area contributed by atoms with Gasteiger partial charge in [-0.2, -0.15) is 18.3 Å². The molecule has 112 valence electrons. The monoisotopic (exact) mass is 299 g/mol. The second-order valence-electron chi connectivity index (χ2n) is 4.64. The summed E-state index contributed by atoms with van der Waals surface area (Å²) in [5.41, 5.74) is 5.81. The fourth-order valence-electron chi connectivity index (χ4n) is 2.07. The van der Waals surface area contributed by atoms with Crippen LogP contribution in [0, 0.1) is 0 Å². The molecule has 21 heavy (non-hydrogen) atoms. The van der Waals surface area contributed by atoms with Crippen molar-refractivity contribution in [3.05, 3.63) is 41.7 Å². The molecule has 0 saturated carbocycles. The highest BCUT2D eigenvalue weighted by atomic mass is 19.4. The van der Waals surface area contributed by atoms with E-state index in [4.69, 9.17) is 15.2 Å². The van der Waals surface area contributed by atoms with Crippen LogP contribution in [0.2, 0.25) is 0 Å². The maximum absolute atomic E-state index is 12.5. The Morgan fingerprint density at radius 2 is 2.00 bits per heavy atom. The van der Waals surface area contributed by atoms with E-state index in [1.165, 1.54) is 10.9 Å². The van der Waals surface area contributed by atoms with Crippen LogP contribution in [0.15, 0.2) is 30.5 Å². The third-order valence-corrected chi connectivity index (χ3v) is 3.14. The topological polar surface area (TPSA) is 62.3 Å². The van der Waals surface area contributed by atoms with Crippen molar-refractivity contribution in [1.82, 2.24) is 9.78 Å². The number of halogens is 3. The third-order valence-electron chi connectivity index (χ3n) is 3.14. The van der Waals surface area contributed by atoms with Gasteiger partial charge in [-0.25, -0.2) is 0 Å². The lowest BCUT2D eigenvalue weighted by atomic mass is 10.1. The van der Waals surface area contributed by atoms with Crippen LogP contribution < -0.4 is 15.2 Å². The molecule has 1 unspecified atom stereocenters. The lowest BCUT2D eigenvalue weighted by Crippen LogP contribution is -2.18. The van der Waals surface area contributed by atoms with Crippen LogP contribution in [0.3, 0.4) is 0 Å². The number of nitrogens with two attached hydrogens (primary N) is 1. The third kappa shape index (κ3) is 2.80. The molecule has 0 aliphatic carbocycles. The summed E-state index contributed by atoms with van der Waals surface area (Å²) in [6, 6.07) is 5.63. The van der Waals surface area contributed by atoms with E-state index < -0.39 is 17.9 Å². The van der Waals surface area contributed by atoms with Crippen LogP contribution in [0.25, 0.3) is 0 Å². The summed E-state index contributed by atoms with van der Waals surface area (Å²) < 4.78 is 49.0. The van der Waals surface area contributed by atoms with Crippen LogP contribution in [0.5, 0.6) is 11.5 Å². The molecule has 1 aliphatic rings. The van der Waals surface area contributed by atoms with Gasteiger partial charge >= 0.3 is 6.18 Å². The molecule has 1 aliphatic heterocycles. The van der Waals surface area contributed by atoms with Gasteiger partial charge in [0.15, 0.2) is 17.2 Å². The summed E-state index contributed by atoms with van der Waals surface area (Å²) in [4.78, 5) is 0. The van der Waals surface area contributed by atoms with Gasteiger partial charge in [0.05, 0.1) is 6.54 Å². The highest BCUT2D eigenvalue weighted by Gasteiger charge is 2.33. The average Bonchev–Trinajstić information content (AvgIpc) is 3.04. The number of benzene rings is 1. The summed E-state index contributed by atoms with van der Waals surface area (Å²) in [5.74, 6) is 1.21. The molecule has 1 aromatic carbocycles. The van der Waals surface area contributed by atoms with Crippen molar-refractivity contribution < 1.29 is 22.6 Å². The van der Waals surface area contributed by atoms with Gasteiger partial charge in [0.1, 0.15) is 0 Å². The van der Waals surface area contributed by atoms with Crippen molar-refractivity contribution in [1.29, 1.82) is 0 Å². The summed E-state index contributed by atoms with van der Waals surface area (Å²) in [6.07, 6.45) is -3.19. The van der Waals surface area contributed by atoms with Crippen molar-refractivity contribution in [3.8, 4) is 11.5 Å². The van der Waals surface area contributed by atoms with E-state index >= 15 is 0 Å². The van der Waals surface area contributed by atoms with Gasteiger partial charge in [0, 0.05) is 12.2 Å². The largest absolute Gasteiger partial charge is 0.454 e. The molecule has 2 aromatic rings. The van der Waals surface area contributed by atoms with E-state index in [-0.39, 0.29) is 13.3 Å². The van der Waals surface area contributed by atoms with Gasteiger partial charge in [0.2, 0.25) is 6.79 Å². The van der Waals surface area contributed by atoms with Gasteiger partial charge in [0.25, 0.3) is 0 Å². The van der Waals surface area contributed by atoms with Crippen LogP contribution in [0.1, 0.15) is 17.3 Å². The fourth-order valence-corrected chi connectivity index (χ4v) is 2.07. The Morgan fingerprint density at radius 1 is 1.24 bits per heavy atom. The maximum Gasteiger partial charge on any atom is 0.435 e. The Labute approximate surface area is 118 Å². The zero-order chi connectivity index (χ0) is 15.0. The normalized spacial score (nSPS) is 15.2. The minimum absolute atomic E-state index is 0.135. The van der Waals surface area contributed by atoms with Crippen molar-refractivity contribution in [2.75, 3.05) is 6.79 Å². The molecule has 0 fully saturated rings. The first-order chi connectivity index (χ1) is 9.93. The Balaban J connectivity index is 1.74. The first kappa shape index (κ1) is 13.7. The number of hydrogen-bond acceptors (Lipinski definition) is 4. The SMILES string of the molecule is NC(Cn1ccc(C(F)(F)F)n1)c1ccc2c(c1)OCO2. The van der Waals surface area contributed by atoms with Crippen LogP contribution in [-0.4, -0.2) is 16.6 Å². The number of aromatic nitrogens is 2. The molecular formula is C13H12F3N3O2. The number of rotatable bonds is 3. The second kappa shape index (κ2) is 4.96.